The normalized spacial score (nSPS) is 12.6. The number of hydrogen-bond acceptors (Lipinski definition) is 2. The Labute approximate surface area is 121 Å². The number of rotatable bonds is 5. The van der Waals surface area contributed by atoms with Crippen LogP contribution in [0.2, 0.25) is 5.02 Å². The minimum absolute atomic E-state index is 0.0610. The van der Waals surface area contributed by atoms with E-state index in [1.54, 1.807) is 18.2 Å². The van der Waals surface area contributed by atoms with Gasteiger partial charge in [-0.15, -0.1) is 0 Å². The van der Waals surface area contributed by atoms with Crippen LogP contribution in [-0.4, -0.2) is 12.5 Å². The van der Waals surface area contributed by atoms with E-state index in [4.69, 9.17) is 17.3 Å². The second kappa shape index (κ2) is 7.12. The van der Waals surface area contributed by atoms with E-state index in [-0.39, 0.29) is 11.8 Å². The molecule has 0 aliphatic rings. The predicted octanol–water partition coefficient (Wildman–Crippen LogP) is 3.66. The molecule has 3 N–H and O–H groups in total. The van der Waals surface area contributed by atoms with Crippen LogP contribution in [-0.2, 0) is 4.79 Å². The maximum absolute atomic E-state index is 12.1. The quantitative estimate of drug-likeness (QED) is 0.864. The van der Waals surface area contributed by atoms with E-state index >= 15 is 0 Å². The highest BCUT2D eigenvalue weighted by Gasteiger charge is 2.19. The van der Waals surface area contributed by atoms with Crippen molar-refractivity contribution in [2.45, 2.75) is 20.3 Å². The smallest absolute Gasteiger partial charge is 0.228 e. The number of benzene rings is 1. The van der Waals surface area contributed by atoms with Crippen LogP contribution in [0.4, 0.5) is 5.69 Å². The molecule has 0 saturated heterocycles. The van der Waals surface area contributed by atoms with E-state index in [2.05, 4.69) is 35.1 Å². The van der Waals surface area contributed by atoms with Gasteiger partial charge in [0.25, 0.3) is 0 Å². The molecule has 0 saturated carbocycles. The van der Waals surface area contributed by atoms with Gasteiger partial charge in [-0.05, 0) is 40.4 Å². The monoisotopic (exact) mass is 332 g/mol. The van der Waals surface area contributed by atoms with Crippen LogP contribution in [0.25, 0.3) is 0 Å². The van der Waals surface area contributed by atoms with Crippen molar-refractivity contribution in [1.82, 2.24) is 0 Å². The van der Waals surface area contributed by atoms with Crippen molar-refractivity contribution < 1.29 is 4.79 Å². The molecule has 0 aliphatic carbocycles. The molecule has 1 aromatic carbocycles. The molecule has 1 rings (SSSR count). The van der Waals surface area contributed by atoms with Crippen molar-refractivity contribution in [3.63, 3.8) is 0 Å². The van der Waals surface area contributed by atoms with Gasteiger partial charge in [-0.2, -0.15) is 0 Å². The maximum atomic E-state index is 12.1. The van der Waals surface area contributed by atoms with Crippen molar-refractivity contribution in [2.75, 3.05) is 11.9 Å². The highest BCUT2D eigenvalue weighted by molar-refractivity contribution is 9.10. The zero-order chi connectivity index (χ0) is 13.7. The second-order valence-corrected chi connectivity index (χ2v) is 5.85. The summed E-state index contributed by atoms with van der Waals surface area (Å²) in [6, 6.07) is 5.36. The Hall–Kier alpha value is -0.580. The van der Waals surface area contributed by atoms with Gasteiger partial charge in [0.05, 0.1) is 21.1 Å². The number of carbonyl (C=O) groups is 1. The largest absolute Gasteiger partial charge is 0.330 e. The molecule has 0 aliphatic heterocycles. The molecular formula is C13H18BrClN2O. The van der Waals surface area contributed by atoms with Gasteiger partial charge in [0, 0.05) is 6.54 Å². The average Bonchev–Trinajstić information content (AvgIpc) is 2.31. The Bertz CT molecular complexity index is 423. The van der Waals surface area contributed by atoms with Crippen LogP contribution in [0, 0.1) is 11.8 Å². The summed E-state index contributed by atoms with van der Waals surface area (Å²) in [7, 11) is 0. The van der Waals surface area contributed by atoms with E-state index < -0.39 is 0 Å². The summed E-state index contributed by atoms with van der Waals surface area (Å²) in [6.07, 6.45) is 0.778. The van der Waals surface area contributed by atoms with Crippen molar-refractivity contribution in [1.29, 1.82) is 0 Å². The Morgan fingerprint density at radius 2 is 2.17 bits per heavy atom. The van der Waals surface area contributed by atoms with Gasteiger partial charge < -0.3 is 11.1 Å². The van der Waals surface area contributed by atoms with Gasteiger partial charge in [-0.25, -0.2) is 0 Å². The molecule has 1 aromatic rings. The number of anilines is 1. The highest BCUT2D eigenvalue weighted by atomic mass is 79.9. The molecule has 0 aromatic heterocycles. The van der Waals surface area contributed by atoms with Crippen LogP contribution >= 0.6 is 27.5 Å². The fourth-order valence-corrected chi connectivity index (χ4v) is 2.25. The molecule has 0 fully saturated rings. The van der Waals surface area contributed by atoms with E-state index in [0.717, 1.165) is 6.42 Å². The number of carbonyl (C=O) groups excluding carboxylic acids is 1. The van der Waals surface area contributed by atoms with Gasteiger partial charge >= 0.3 is 0 Å². The summed E-state index contributed by atoms with van der Waals surface area (Å²) in [5.41, 5.74) is 6.32. The van der Waals surface area contributed by atoms with Gasteiger partial charge in [-0.3, -0.25) is 4.79 Å². The lowest BCUT2D eigenvalue weighted by molar-refractivity contribution is -0.120. The number of halogens is 2. The molecular weight excluding hydrogens is 316 g/mol. The van der Waals surface area contributed by atoms with Gasteiger partial charge in [0.15, 0.2) is 0 Å². The first kappa shape index (κ1) is 15.5. The molecule has 1 unspecified atom stereocenters. The molecule has 18 heavy (non-hydrogen) atoms. The number of nitrogens with two attached hydrogens (primary N) is 1. The molecule has 0 spiro atoms. The third kappa shape index (κ3) is 4.26. The molecule has 3 nitrogen and oxygen atoms in total. The summed E-state index contributed by atoms with van der Waals surface area (Å²) in [5.74, 6) is 0.206. The fourth-order valence-electron chi connectivity index (χ4n) is 1.71. The topological polar surface area (TPSA) is 55.1 Å². The van der Waals surface area contributed by atoms with Crippen LogP contribution in [0.15, 0.2) is 22.7 Å². The van der Waals surface area contributed by atoms with Crippen LogP contribution in [0.3, 0.4) is 0 Å². The van der Waals surface area contributed by atoms with E-state index in [9.17, 15) is 4.79 Å². The first-order chi connectivity index (χ1) is 8.45. The maximum Gasteiger partial charge on any atom is 0.228 e. The molecule has 0 heterocycles. The highest BCUT2D eigenvalue weighted by Crippen LogP contribution is 2.30. The van der Waals surface area contributed by atoms with E-state index in [1.165, 1.54) is 0 Å². The van der Waals surface area contributed by atoms with Crippen molar-refractivity contribution >= 4 is 39.1 Å². The summed E-state index contributed by atoms with van der Waals surface area (Å²) in [5, 5.41) is 3.43. The van der Waals surface area contributed by atoms with Gasteiger partial charge in [0.2, 0.25) is 5.91 Å². The summed E-state index contributed by atoms with van der Waals surface area (Å²) in [6.45, 7) is 4.50. The predicted molar refractivity (Wildman–Crippen MR) is 79.8 cm³/mol. The molecule has 1 atom stereocenters. The third-order valence-corrected chi connectivity index (χ3v) is 4.02. The van der Waals surface area contributed by atoms with Crippen LogP contribution in [0.5, 0.6) is 0 Å². The molecule has 1 amide bonds. The number of nitrogens with one attached hydrogen (secondary N) is 1. The minimum Gasteiger partial charge on any atom is -0.330 e. The Morgan fingerprint density at radius 3 is 2.72 bits per heavy atom. The molecule has 0 bridgehead atoms. The zero-order valence-corrected chi connectivity index (χ0v) is 12.9. The fraction of sp³-hybridized carbons (Fsp3) is 0.462. The summed E-state index contributed by atoms with van der Waals surface area (Å²) >= 11 is 9.32. The summed E-state index contributed by atoms with van der Waals surface area (Å²) < 4.78 is 0.695. The lowest BCUT2D eigenvalue weighted by Gasteiger charge is -2.17. The SMILES string of the molecule is CC(C)CC(CN)C(=O)Nc1cccc(Cl)c1Br. The van der Waals surface area contributed by atoms with Gasteiger partial charge in [0.1, 0.15) is 0 Å². The zero-order valence-electron chi connectivity index (χ0n) is 10.5. The first-order valence-corrected chi connectivity index (χ1v) is 7.07. The van der Waals surface area contributed by atoms with Crippen molar-refractivity contribution in [2.24, 2.45) is 17.6 Å². The lowest BCUT2D eigenvalue weighted by atomic mass is 9.96. The third-order valence-electron chi connectivity index (χ3n) is 2.62. The molecule has 0 radical (unpaired) electrons. The second-order valence-electron chi connectivity index (χ2n) is 4.65. The average molecular weight is 334 g/mol. The lowest BCUT2D eigenvalue weighted by Crippen LogP contribution is -2.30. The Morgan fingerprint density at radius 1 is 1.50 bits per heavy atom. The first-order valence-electron chi connectivity index (χ1n) is 5.90. The molecule has 5 heteroatoms. The van der Waals surface area contributed by atoms with Crippen LogP contribution in [0.1, 0.15) is 20.3 Å². The standard InChI is InChI=1S/C13H18BrClN2O/c1-8(2)6-9(7-16)13(18)17-11-5-3-4-10(15)12(11)14/h3-5,8-9H,6-7,16H2,1-2H3,(H,17,18). The van der Waals surface area contributed by atoms with Gasteiger partial charge in [-0.1, -0.05) is 31.5 Å². The number of amides is 1. The van der Waals surface area contributed by atoms with E-state index in [1.807, 2.05) is 0 Å². The van der Waals surface area contributed by atoms with E-state index in [0.29, 0.717) is 27.6 Å². The molecule has 100 valence electrons. The van der Waals surface area contributed by atoms with Crippen LogP contribution < -0.4 is 11.1 Å². The number of hydrogen-bond donors (Lipinski definition) is 2. The minimum atomic E-state index is -0.170. The Balaban J connectivity index is 2.77. The van der Waals surface area contributed by atoms with Crippen molar-refractivity contribution in [3.05, 3.63) is 27.7 Å². The Kier molecular flexibility index (Phi) is 6.12. The van der Waals surface area contributed by atoms with Crippen molar-refractivity contribution in [3.8, 4) is 0 Å². The summed E-state index contributed by atoms with van der Waals surface area (Å²) in [4.78, 5) is 12.1.